The summed E-state index contributed by atoms with van der Waals surface area (Å²) in [6, 6.07) is 0. The Labute approximate surface area is 145 Å². The predicted octanol–water partition coefficient (Wildman–Crippen LogP) is 1.54. The van der Waals surface area contributed by atoms with E-state index < -0.39 is 17.4 Å². The topological polar surface area (TPSA) is 72.7 Å². The van der Waals surface area contributed by atoms with E-state index in [1.165, 1.54) is 0 Å². The number of carbonyl (C=O) groups is 1. The van der Waals surface area contributed by atoms with Crippen molar-refractivity contribution in [2.75, 3.05) is 6.26 Å². The van der Waals surface area contributed by atoms with Crippen LogP contribution >= 0.6 is 11.8 Å². The van der Waals surface area contributed by atoms with Crippen LogP contribution in [0.3, 0.4) is 0 Å². The van der Waals surface area contributed by atoms with Crippen LogP contribution in [0.4, 0.5) is 0 Å². The van der Waals surface area contributed by atoms with Gasteiger partial charge in [0.1, 0.15) is 35.8 Å². The van der Waals surface area contributed by atoms with Gasteiger partial charge in [-0.3, -0.25) is 5.01 Å². The Bertz CT molecular complexity index is 662. The van der Waals surface area contributed by atoms with Crippen LogP contribution in [-0.2, 0) is 19.0 Å². The number of fused-ring (bicyclic) bond motifs is 2. The Morgan fingerprint density at radius 1 is 1.33 bits per heavy atom. The van der Waals surface area contributed by atoms with E-state index in [2.05, 4.69) is 23.1 Å². The molecule has 4 rings (SSSR count). The highest BCUT2D eigenvalue weighted by Crippen LogP contribution is 2.48. The summed E-state index contributed by atoms with van der Waals surface area (Å²) < 4.78 is 18.1. The molecule has 130 valence electrons. The number of hydrazone groups is 1. The van der Waals surface area contributed by atoms with Gasteiger partial charge in [0.2, 0.25) is 0 Å². The second kappa shape index (κ2) is 5.39. The van der Waals surface area contributed by atoms with Crippen LogP contribution < -0.4 is 0 Å². The molecular formula is C16H21N3O4S. The molecule has 2 saturated heterocycles. The fourth-order valence-electron chi connectivity index (χ4n) is 3.95. The van der Waals surface area contributed by atoms with E-state index in [4.69, 9.17) is 14.2 Å². The standard InChI is InChI=1S/C16H21N3O4S/c1-15(2)22-11-10(7-20)21-13(12(11)23-15)16(3)6-5-9-14(24-4)17-8-18-19(9)16/h5,7-8,10-13H,6H2,1-4H3/t10-,11-,12-,13-,16?/m1/s1. The summed E-state index contributed by atoms with van der Waals surface area (Å²) in [7, 11) is 0. The number of aldehydes is 1. The Morgan fingerprint density at radius 3 is 2.79 bits per heavy atom. The third-order valence-corrected chi connectivity index (χ3v) is 5.71. The number of nitrogens with zero attached hydrogens (tertiary/aromatic N) is 3. The summed E-state index contributed by atoms with van der Waals surface area (Å²) in [6.45, 7) is 5.81. The molecular weight excluding hydrogens is 330 g/mol. The van der Waals surface area contributed by atoms with Crippen molar-refractivity contribution in [2.45, 2.75) is 62.9 Å². The second-order valence-electron chi connectivity index (χ2n) is 7.05. The molecule has 0 aromatic rings. The Kier molecular flexibility index (Phi) is 3.65. The van der Waals surface area contributed by atoms with Crippen molar-refractivity contribution in [3.8, 4) is 0 Å². The number of aliphatic imine (C=N–C) groups is 1. The molecule has 2 fully saturated rings. The summed E-state index contributed by atoms with van der Waals surface area (Å²) in [5.41, 5.74) is 0.535. The molecule has 24 heavy (non-hydrogen) atoms. The highest BCUT2D eigenvalue weighted by atomic mass is 32.2. The van der Waals surface area contributed by atoms with Crippen molar-refractivity contribution in [1.82, 2.24) is 5.01 Å². The highest BCUT2D eigenvalue weighted by molar-refractivity contribution is 8.13. The van der Waals surface area contributed by atoms with Gasteiger partial charge in [0.25, 0.3) is 0 Å². The fourth-order valence-corrected chi connectivity index (χ4v) is 4.48. The van der Waals surface area contributed by atoms with Gasteiger partial charge in [-0.1, -0.05) is 6.08 Å². The van der Waals surface area contributed by atoms with E-state index in [0.717, 1.165) is 23.4 Å². The van der Waals surface area contributed by atoms with Crippen molar-refractivity contribution >= 4 is 29.4 Å². The summed E-state index contributed by atoms with van der Waals surface area (Å²) in [6.07, 6.45) is 5.59. The molecule has 1 unspecified atom stereocenters. The van der Waals surface area contributed by atoms with Crippen LogP contribution in [0.15, 0.2) is 21.9 Å². The number of ether oxygens (including phenoxy) is 3. The van der Waals surface area contributed by atoms with Gasteiger partial charge in [-0.15, -0.1) is 11.8 Å². The van der Waals surface area contributed by atoms with E-state index in [-0.39, 0.29) is 18.3 Å². The maximum absolute atomic E-state index is 11.5. The molecule has 0 bridgehead atoms. The first-order chi connectivity index (χ1) is 11.4. The van der Waals surface area contributed by atoms with Crippen LogP contribution in [0.1, 0.15) is 27.2 Å². The minimum absolute atomic E-state index is 0.306. The third kappa shape index (κ3) is 2.20. The number of carbonyl (C=O) groups excluding carboxylic acids is 1. The van der Waals surface area contributed by atoms with Gasteiger partial charge in [-0.2, -0.15) is 5.10 Å². The number of thioether (sulfide) groups is 1. The Balaban J connectivity index is 1.66. The van der Waals surface area contributed by atoms with E-state index >= 15 is 0 Å². The average Bonchev–Trinajstić information content (AvgIpc) is 3.16. The molecule has 8 heteroatoms. The highest BCUT2D eigenvalue weighted by Gasteiger charge is 2.62. The van der Waals surface area contributed by atoms with Crippen molar-refractivity contribution in [3.05, 3.63) is 11.8 Å². The molecule has 7 nitrogen and oxygen atoms in total. The lowest BCUT2D eigenvalue weighted by Crippen LogP contribution is -2.54. The van der Waals surface area contributed by atoms with Crippen molar-refractivity contribution < 1.29 is 19.0 Å². The van der Waals surface area contributed by atoms with Crippen molar-refractivity contribution in [3.63, 3.8) is 0 Å². The van der Waals surface area contributed by atoms with Gasteiger partial charge in [0, 0.05) is 0 Å². The minimum atomic E-state index is -0.721. The van der Waals surface area contributed by atoms with Gasteiger partial charge >= 0.3 is 0 Å². The van der Waals surface area contributed by atoms with Crippen molar-refractivity contribution in [1.29, 1.82) is 0 Å². The fraction of sp³-hybridized carbons (Fsp3) is 0.688. The van der Waals surface area contributed by atoms with Crippen molar-refractivity contribution in [2.24, 2.45) is 10.1 Å². The van der Waals surface area contributed by atoms with Gasteiger partial charge in [0.05, 0.1) is 11.2 Å². The molecule has 5 atom stereocenters. The molecule has 0 spiro atoms. The van der Waals surface area contributed by atoms with Gasteiger partial charge < -0.3 is 19.0 Å². The van der Waals surface area contributed by atoms with Crippen LogP contribution in [-0.4, -0.2) is 64.7 Å². The van der Waals surface area contributed by atoms with E-state index in [9.17, 15) is 4.79 Å². The maximum Gasteiger partial charge on any atom is 0.164 e. The predicted molar refractivity (Wildman–Crippen MR) is 90.9 cm³/mol. The van der Waals surface area contributed by atoms with E-state index in [1.807, 2.05) is 25.1 Å². The molecule has 4 aliphatic heterocycles. The largest absolute Gasteiger partial charge is 0.359 e. The molecule has 0 N–H and O–H groups in total. The minimum Gasteiger partial charge on any atom is -0.359 e. The molecule has 0 saturated carbocycles. The second-order valence-corrected chi connectivity index (χ2v) is 7.85. The average molecular weight is 351 g/mol. The van der Waals surface area contributed by atoms with Gasteiger partial charge in [-0.05, 0) is 33.4 Å². The summed E-state index contributed by atoms with van der Waals surface area (Å²) in [5.74, 6) is -0.721. The summed E-state index contributed by atoms with van der Waals surface area (Å²) >= 11 is 1.59. The zero-order valence-electron chi connectivity index (χ0n) is 14.1. The Morgan fingerprint density at radius 2 is 2.08 bits per heavy atom. The quantitative estimate of drug-likeness (QED) is 0.703. The normalized spacial score (nSPS) is 42.6. The lowest BCUT2D eigenvalue weighted by atomic mass is 9.88. The molecule has 4 aliphatic rings. The number of hydrogen-bond acceptors (Lipinski definition) is 8. The van der Waals surface area contributed by atoms with Crippen LogP contribution in [0.5, 0.6) is 0 Å². The maximum atomic E-state index is 11.5. The summed E-state index contributed by atoms with van der Waals surface area (Å²) in [4.78, 5) is 15.8. The molecule has 0 amide bonds. The number of hydrogen-bond donors (Lipinski definition) is 0. The van der Waals surface area contributed by atoms with Crippen LogP contribution in [0, 0.1) is 0 Å². The smallest absolute Gasteiger partial charge is 0.164 e. The zero-order chi connectivity index (χ0) is 17.1. The Hall–Kier alpha value is -1.22. The van der Waals surface area contributed by atoms with E-state index in [1.54, 1.807) is 18.1 Å². The molecule has 0 aromatic carbocycles. The van der Waals surface area contributed by atoms with Gasteiger partial charge in [0.15, 0.2) is 12.1 Å². The first kappa shape index (κ1) is 16.3. The summed E-state index contributed by atoms with van der Waals surface area (Å²) in [5, 5.41) is 7.35. The molecule has 4 heterocycles. The van der Waals surface area contributed by atoms with E-state index in [0.29, 0.717) is 0 Å². The molecule has 0 aliphatic carbocycles. The zero-order valence-corrected chi connectivity index (χ0v) is 14.9. The first-order valence-electron chi connectivity index (χ1n) is 8.01. The third-order valence-electron chi connectivity index (χ3n) is 5.01. The molecule has 0 aromatic heterocycles. The monoisotopic (exact) mass is 351 g/mol. The first-order valence-corrected chi connectivity index (χ1v) is 9.23. The SMILES string of the molecule is CSC1=NC=NN2C1=CCC2(C)[C@@H]1O[C@H](C=O)[C@H]2OC(C)(C)O[C@H]21. The lowest BCUT2D eigenvalue weighted by Gasteiger charge is -2.41. The van der Waals surface area contributed by atoms with Crippen LogP contribution in [0.25, 0.3) is 0 Å². The molecule has 0 radical (unpaired) electrons. The number of rotatable bonds is 2. The lowest BCUT2D eigenvalue weighted by molar-refractivity contribution is -0.197. The van der Waals surface area contributed by atoms with Gasteiger partial charge in [-0.25, -0.2) is 4.99 Å². The van der Waals surface area contributed by atoms with Crippen LogP contribution in [0.2, 0.25) is 0 Å².